The summed E-state index contributed by atoms with van der Waals surface area (Å²) in [5.41, 5.74) is 1.11. The summed E-state index contributed by atoms with van der Waals surface area (Å²) in [5, 5.41) is 14.4. The van der Waals surface area contributed by atoms with Crippen LogP contribution in [0.25, 0.3) is 0 Å². The van der Waals surface area contributed by atoms with Gasteiger partial charge in [-0.3, -0.25) is 0 Å². The Morgan fingerprint density at radius 3 is 2.41 bits per heavy atom. The van der Waals surface area contributed by atoms with Gasteiger partial charge in [-0.2, -0.15) is 0 Å². The summed E-state index contributed by atoms with van der Waals surface area (Å²) < 4.78 is 0. The molecular weight excluding hydrogens is 232 g/mol. The lowest BCUT2D eigenvalue weighted by Crippen LogP contribution is -2.32. The largest absolute Gasteiger partial charge is 0.392 e. The molecule has 1 atom stereocenters. The molecule has 2 N–H and O–H groups in total. The summed E-state index contributed by atoms with van der Waals surface area (Å²) in [7, 11) is 0. The van der Waals surface area contributed by atoms with Crippen LogP contribution < -0.4 is 5.32 Å². The van der Waals surface area contributed by atoms with E-state index in [1.807, 2.05) is 13.8 Å². The number of nitrogens with zero attached hydrogens (tertiary/aromatic N) is 1. The Bertz CT molecular complexity index is 334. The smallest absolute Gasteiger partial charge is 0.0900 e. The van der Waals surface area contributed by atoms with E-state index in [0.29, 0.717) is 12.5 Å². The van der Waals surface area contributed by atoms with Crippen LogP contribution >= 0.6 is 11.3 Å². The monoisotopic (exact) mass is 256 g/mol. The summed E-state index contributed by atoms with van der Waals surface area (Å²) in [6, 6.07) is 0. The number of aliphatic hydroxyl groups excluding tert-OH is 1. The molecule has 0 fully saturated rings. The Kier molecular flexibility index (Phi) is 6.09. The topological polar surface area (TPSA) is 45.1 Å². The molecule has 0 aliphatic carbocycles. The molecule has 0 saturated carbocycles. The predicted molar refractivity (Wildman–Crippen MR) is 73.4 cm³/mol. The van der Waals surface area contributed by atoms with Crippen LogP contribution in [0.4, 0.5) is 0 Å². The molecule has 3 nitrogen and oxygen atoms in total. The average molecular weight is 256 g/mol. The molecule has 0 spiro atoms. The van der Waals surface area contributed by atoms with Crippen molar-refractivity contribution in [2.75, 3.05) is 6.54 Å². The standard InChI is InChI=1S/C13H24N2OS/c1-5-11(6-2)12(16)7-14-8-13-9(3)15-10(4)17-13/h11-12,14,16H,5-8H2,1-4H3. The summed E-state index contributed by atoms with van der Waals surface area (Å²) in [6.45, 7) is 9.82. The SMILES string of the molecule is CCC(CC)C(O)CNCc1sc(C)nc1C. The third kappa shape index (κ3) is 4.37. The van der Waals surface area contributed by atoms with E-state index < -0.39 is 0 Å². The number of aromatic nitrogens is 1. The van der Waals surface area contributed by atoms with Crippen molar-refractivity contribution in [1.82, 2.24) is 10.3 Å². The van der Waals surface area contributed by atoms with Crippen LogP contribution in [0.3, 0.4) is 0 Å². The first-order valence-electron chi connectivity index (χ1n) is 6.40. The van der Waals surface area contributed by atoms with Crippen LogP contribution in [0.2, 0.25) is 0 Å². The van der Waals surface area contributed by atoms with Gasteiger partial charge < -0.3 is 10.4 Å². The third-order valence-corrected chi connectivity index (χ3v) is 4.30. The fraction of sp³-hybridized carbons (Fsp3) is 0.769. The molecule has 1 aromatic heterocycles. The first-order valence-corrected chi connectivity index (χ1v) is 7.21. The second-order valence-electron chi connectivity index (χ2n) is 4.52. The van der Waals surface area contributed by atoms with Gasteiger partial charge in [0, 0.05) is 18.0 Å². The number of hydrogen-bond donors (Lipinski definition) is 2. The molecule has 0 amide bonds. The molecule has 1 rings (SSSR count). The maximum Gasteiger partial charge on any atom is 0.0900 e. The number of aryl methyl sites for hydroxylation is 2. The normalized spacial score (nSPS) is 13.3. The second-order valence-corrected chi connectivity index (χ2v) is 5.80. The van der Waals surface area contributed by atoms with E-state index >= 15 is 0 Å². The second kappa shape index (κ2) is 7.09. The first-order chi connectivity index (χ1) is 8.08. The third-order valence-electron chi connectivity index (χ3n) is 3.23. The highest BCUT2D eigenvalue weighted by Gasteiger charge is 2.15. The highest BCUT2D eigenvalue weighted by atomic mass is 32.1. The molecule has 4 heteroatoms. The van der Waals surface area contributed by atoms with Gasteiger partial charge in [-0.15, -0.1) is 11.3 Å². The van der Waals surface area contributed by atoms with Crippen LogP contribution in [0.5, 0.6) is 0 Å². The van der Waals surface area contributed by atoms with Gasteiger partial charge in [0.15, 0.2) is 0 Å². The van der Waals surface area contributed by atoms with Crippen molar-refractivity contribution < 1.29 is 5.11 Å². The van der Waals surface area contributed by atoms with Gasteiger partial charge in [0.2, 0.25) is 0 Å². The van der Waals surface area contributed by atoms with E-state index in [1.54, 1.807) is 11.3 Å². The van der Waals surface area contributed by atoms with Crippen molar-refractivity contribution in [3.8, 4) is 0 Å². The lowest BCUT2D eigenvalue weighted by molar-refractivity contribution is 0.101. The minimum absolute atomic E-state index is 0.237. The van der Waals surface area contributed by atoms with Crippen LogP contribution in [-0.4, -0.2) is 22.7 Å². The molecule has 0 aliphatic rings. The van der Waals surface area contributed by atoms with Gasteiger partial charge in [-0.25, -0.2) is 4.98 Å². The molecule has 1 heterocycles. The molecule has 0 bridgehead atoms. The van der Waals surface area contributed by atoms with Gasteiger partial charge in [0.1, 0.15) is 0 Å². The first kappa shape index (κ1) is 14.6. The van der Waals surface area contributed by atoms with Crippen molar-refractivity contribution in [2.24, 2.45) is 5.92 Å². The Morgan fingerprint density at radius 1 is 1.29 bits per heavy atom. The Morgan fingerprint density at radius 2 is 1.94 bits per heavy atom. The molecule has 0 radical (unpaired) electrons. The van der Waals surface area contributed by atoms with Gasteiger partial charge in [-0.1, -0.05) is 26.7 Å². The van der Waals surface area contributed by atoms with Gasteiger partial charge >= 0.3 is 0 Å². The molecule has 0 aliphatic heterocycles. The molecule has 1 aromatic rings. The molecule has 0 aromatic carbocycles. The van der Waals surface area contributed by atoms with Crippen LogP contribution in [-0.2, 0) is 6.54 Å². The zero-order chi connectivity index (χ0) is 12.8. The minimum Gasteiger partial charge on any atom is -0.392 e. The van der Waals surface area contributed by atoms with E-state index in [2.05, 4.69) is 24.1 Å². The van der Waals surface area contributed by atoms with E-state index in [4.69, 9.17) is 0 Å². The maximum atomic E-state index is 9.99. The van der Waals surface area contributed by atoms with E-state index in [9.17, 15) is 5.11 Å². The van der Waals surface area contributed by atoms with Crippen molar-refractivity contribution >= 4 is 11.3 Å². The van der Waals surface area contributed by atoms with Crippen molar-refractivity contribution in [1.29, 1.82) is 0 Å². The fourth-order valence-corrected chi connectivity index (χ4v) is 2.98. The number of aliphatic hydroxyl groups is 1. The average Bonchev–Trinajstić information content (AvgIpc) is 2.59. The van der Waals surface area contributed by atoms with Crippen LogP contribution in [0, 0.1) is 19.8 Å². The Hall–Kier alpha value is -0.450. The molecule has 17 heavy (non-hydrogen) atoms. The number of hydrogen-bond acceptors (Lipinski definition) is 4. The molecular formula is C13H24N2OS. The molecule has 1 unspecified atom stereocenters. The van der Waals surface area contributed by atoms with Crippen LogP contribution in [0.15, 0.2) is 0 Å². The summed E-state index contributed by atoms with van der Waals surface area (Å²) in [6.07, 6.45) is 1.84. The molecule has 98 valence electrons. The Labute approximate surface area is 108 Å². The van der Waals surface area contributed by atoms with E-state index in [1.165, 1.54) is 4.88 Å². The minimum atomic E-state index is -0.237. The summed E-state index contributed by atoms with van der Waals surface area (Å²) in [4.78, 5) is 5.67. The van der Waals surface area contributed by atoms with Gasteiger partial charge in [-0.05, 0) is 19.8 Å². The zero-order valence-electron chi connectivity index (χ0n) is 11.3. The van der Waals surface area contributed by atoms with Crippen molar-refractivity contribution in [2.45, 2.75) is 53.2 Å². The summed E-state index contributed by atoms with van der Waals surface area (Å²) >= 11 is 1.73. The van der Waals surface area contributed by atoms with E-state index in [-0.39, 0.29) is 6.10 Å². The predicted octanol–water partition coefficient (Wildman–Crippen LogP) is 2.65. The lowest BCUT2D eigenvalue weighted by atomic mass is 9.96. The van der Waals surface area contributed by atoms with Crippen LogP contribution in [0.1, 0.15) is 42.3 Å². The highest BCUT2D eigenvalue weighted by Crippen LogP contribution is 2.17. The maximum absolute atomic E-state index is 9.99. The number of nitrogens with one attached hydrogen (secondary N) is 1. The Balaban J connectivity index is 2.35. The lowest BCUT2D eigenvalue weighted by Gasteiger charge is -2.20. The van der Waals surface area contributed by atoms with E-state index in [0.717, 1.165) is 30.1 Å². The zero-order valence-corrected chi connectivity index (χ0v) is 12.1. The quantitative estimate of drug-likeness (QED) is 0.788. The summed E-state index contributed by atoms with van der Waals surface area (Å²) in [5.74, 6) is 0.409. The molecule has 0 saturated heterocycles. The van der Waals surface area contributed by atoms with Crippen molar-refractivity contribution in [3.05, 3.63) is 15.6 Å². The number of rotatable bonds is 7. The fourth-order valence-electron chi connectivity index (χ4n) is 2.07. The number of thiazole rings is 1. The van der Waals surface area contributed by atoms with Gasteiger partial charge in [0.25, 0.3) is 0 Å². The van der Waals surface area contributed by atoms with Gasteiger partial charge in [0.05, 0.1) is 16.8 Å². The highest BCUT2D eigenvalue weighted by molar-refractivity contribution is 7.11. The van der Waals surface area contributed by atoms with Crippen molar-refractivity contribution in [3.63, 3.8) is 0 Å².